The Hall–Kier alpha value is -0.930. The predicted octanol–water partition coefficient (Wildman–Crippen LogP) is -2.11. The molecule has 5 nitrogen and oxygen atoms in total. The molecular weight excluding hydrogens is 162 g/mol. The average Bonchev–Trinajstić information content (AvgIpc) is 2.08. The average molecular weight is 171 g/mol. The summed E-state index contributed by atoms with van der Waals surface area (Å²) in [5.41, 5.74) is -0.125. The molecule has 0 aliphatic heterocycles. The number of aliphatic hydroxyl groups is 4. The first kappa shape index (κ1) is 9.16. The maximum atomic E-state index is 9.11. The van der Waals surface area contributed by atoms with E-state index in [0.29, 0.717) is 0 Å². The molecule has 66 valence electrons. The molecule has 0 aromatic heterocycles. The third kappa shape index (κ3) is 1.33. The third-order valence-corrected chi connectivity index (χ3v) is 1.82. The monoisotopic (exact) mass is 171 g/mol. The van der Waals surface area contributed by atoms with Crippen molar-refractivity contribution in [3.8, 4) is 6.07 Å². The predicted molar refractivity (Wildman–Crippen MR) is 37.7 cm³/mol. The molecule has 0 amide bonds. The van der Waals surface area contributed by atoms with Crippen LogP contribution in [0, 0.1) is 11.3 Å². The number of hydrogen-bond donors (Lipinski definition) is 4. The Bertz CT molecular complexity index is 244. The van der Waals surface area contributed by atoms with Crippen LogP contribution in [0.3, 0.4) is 0 Å². The van der Waals surface area contributed by atoms with Crippen molar-refractivity contribution in [2.45, 2.75) is 24.4 Å². The zero-order valence-corrected chi connectivity index (χ0v) is 6.12. The van der Waals surface area contributed by atoms with Gasteiger partial charge in [-0.2, -0.15) is 5.26 Å². The van der Waals surface area contributed by atoms with Crippen LogP contribution in [-0.4, -0.2) is 44.8 Å². The van der Waals surface area contributed by atoms with Gasteiger partial charge in [-0.05, 0) is 6.08 Å². The molecule has 12 heavy (non-hydrogen) atoms. The van der Waals surface area contributed by atoms with Gasteiger partial charge in [-0.25, -0.2) is 0 Å². The minimum absolute atomic E-state index is 0.125. The zero-order valence-electron chi connectivity index (χ0n) is 6.12. The first-order chi connectivity index (χ1) is 5.57. The molecule has 1 aliphatic carbocycles. The lowest BCUT2D eigenvalue weighted by atomic mass is 9.90. The summed E-state index contributed by atoms with van der Waals surface area (Å²) in [5.74, 6) is 0. The number of nitriles is 1. The summed E-state index contributed by atoms with van der Waals surface area (Å²) in [5, 5.41) is 44.6. The molecule has 0 unspecified atom stereocenters. The quantitative estimate of drug-likeness (QED) is 0.334. The molecule has 1 aliphatic rings. The summed E-state index contributed by atoms with van der Waals surface area (Å²) >= 11 is 0. The van der Waals surface area contributed by atoms with Gasteiger partial charge >= 0.3 is 0 Å². The van der Waals surface area contributed by atoms with E-state index in [4.69, 9.17) is 25.7 Å². The van der Waals surface area contributed by atoms with Gasteiger partial charge in [0.25, 0.3) is 0 Å². The fourth-order valence-corrected chi connectivity index (χ4v) is 1.06. The summed E-state index contributed by atoms with van der Waals surface area (Å²) in [6, 6.07) is 1.62. The Morgan fingerprint density at radius 1 is 1.17 bits per heavy atom. The molecule has 0 heterocycles. The van der Waals surface area contributed by atoms with Crippen LogP contribution in [0.15, 0.2) is 11.6 Å². The highest BCUT2D eigenvalue weighted by Gasteiger charge is 2.36. The Morgan fingerprint density at radius 2 is 1.75 bits per heavy atom. The number of rotatable bonds is 0. The van der Waals surface area contributed by atoms with Crippen molar-refractivity contribution in [2.24, 2.45) is 0 Å². The third-order valence-electron chi connectivity index (χ3n) is 1.82. The van der Waals surface area contributed by atoms with Crippen LogP contribution in [0.1, 0.15) is 0 Å². The van der Waals surface area contributed by atoms with Gasteiger partial charge in [-0.15, -0.1) is 0 Å². The van der Waals surface area contributed by atoms with E-state index in [-0.39, 0.29) is 5.57 Å². The molecule has 0 fully saturated rings. The van der Waals surface area contributed by atoms with Gasteiger partial charge in [-0.3, -0.25) is 0 Å². The molecule has 1 rings (SSSR count). The number of hydrogen-bond acceptors (Lipinski definition) is 5. The van der Waals surface area contributed by atoms with Gasteiger partial charge in [0.15, 0.2) is 0 Å². The van der Waals surface area contributed by atoms with Crippen LogP contribution in [-0.2, 0) is 0 Å². The normalized spacial score (nSPS) is 41.8. The lowest BCUT2D eigenvalue weighted by Gasteiger charge is -2.29. The molecule has 0 bridgehead atoms. The van der Waals surface area contributed by atoms with Crippen molar-refractivity contribution in [1.29, 1.82) is 5.26 Å². The highest BCUT2D eigenvalue weighted by molar-refractivity contribution is 5.31. The molecule has 4 N–H and O–H groups in total. The highest BCUT2D eigenvalue weighted by Crippen LogP contribution is 2.19. The van der Waals surface area contributed by atoms with Crippen LogP contribution < -0.4 is 0 Å². The lowest BCUT2D eigenvalue weighted by Crippen LogP contribution is -2.48. The molecule has 0 spiro atoms. The van der Waals surface area contributed by atoms with Crippen LogP contribution in [0.5, 0.6) is 0 Å². The number of nitrogens with zero attached hydrogens (tertiary/aromatic N) is 1. The van der Waals surface area contributed by atoms with Gasteiger partial charge in [0, 0.05) is 0 Å². The van der Waals surface area contributed by atoms with Crippen LogP contribution in [0.2, 0.25) is 0 Å². The standard InChI is InChI=1S/C7H9NO4/c8-2-3-1-4(9)6(11)7(12)5(3)10/h1,4-7,9-12H/t4-,5+,6+,7-/m1/s1. The van der Waals surface area contributed by atoms with Crippen LogP contribution >= 0.6 is 0 Å². The largest absolute Gasteiger partial charge is 0.387 e. The Morgan fingerprint density at radius 3 is 2.25 bits per heavy atom. The van der Waals surface area contributed by atoms with Crippen molar-refractivity contribution < 1.29 is 20.4 Å². The van der Waals surface area contributed by atoms with Crippen LogP contribution in [0.4, 0.5) is 0 Å². The van der Waals surface area contributed by atoms with Crippen molar-refractivity contribution in [2.75, 3.05) is 0 Å². The highest BCUT2D eigenvalue weighted by atomic mass is 16.4. The van der Waals surface area contributed by atoms with E-state index >= 15 is 0 Å². The first-order valence-corrected chi connectivity index (χ1v) is 3.42. The van der Waals surface area contributed by atoms with Crippen LogP contribution in [0.25, 0.3) is 0 Å². The zero-order chi connectivity index (χ0) is 9.30. The Kier molecular flexibility index (Phi) is 2.45. The molecule has 4 atom stereocenters. The molecule has 0 aromatic carbocycles. The van der Waals surface area contributed by atoms with E-state index < -0.39 is 24.4 Å². The summed E-state index contributed by atoms with van der Waals surface area (Å²) in [6.45, 7) is 0. The Balaban J connectivity index is 2.93. The van der Waals surface area contributed by atoms with E-state index in [1.54, 1.807) is 6.07 Å². The molecule has 5 heteroatoms. The van der Waals surface area contributed by atoms with Gasteiger partial charge in [-0.1, -0.05) is 0 Å². The van der Waals surface area contributed by atoms with E-state index in [0.717, 1.165) is 6.08 Å². The second kappa shape index (κ2) is 3.21. The van der Waals surface area contributed by atoms with Gasteiger partial charge in [0.1, 0.15) is 24.4 Å². The minimum Gasteiger partial charge on any atom is -0.387 e. The summed E-state index contributed by atoms with van der Waals surface area (Å²) < 4.78 is 0. The van der Waals surface area contributed by atoms with Crippen molar-refractivity contribution >= 4 is 0 Å². The van der Waals surface area contributed by atoms with E-state index in [1.807, 2.05) is 0 Å². The molecule has 0 radical (unpaired) electrons. The first-order valence-electron chi connectivity index (χ1n) is 3.42. The second-order valence-electron chi connectivity index (χ2n) is 2.65. The van der Waals surface area contributed by atoms with E-state index in [1.165, 1.54) is 0 Å². The van der Waals surface area contributed by atoms with E-state index in [2.05, 4.69) is 0 Å². The van der Waals surface area contributed by atoms with Crippen molar-refractivity contribution in [3.63, 3.8) is 0 Å². The molecular formula is C7H9NO4. The van der Waals surface area contributed by atoms with Crippen molar-refractivity contribution in [3.05, 3.63) is 11.6 Å². The topological polar surface area (TPSA) is 105 Å². The summed E-state index contributed by atoms with van der Waals surface area (Å²) in [6.07, 6.45) is -4.61. The maximum absolute atomic E-state index is 9.11. The molecule has 0 saturated heterocycles. The van der Waals surface area contributed by atoms with Gasteiger partial charge in [0.2, 0.25) is 0 Å². The van der Waals surface area contributed by atoms with E-state index in [9.17, 15) is 0 Å². The second-order valence-corrected chi connectivity index (χ2v) is 2.65. The SMILES string of the molecule is N#CC1=C[C@@H](O)[C@H](O)[C@H](O)[C@H]1O. The Labute approximate surface area is 68.8 Å². The molecule has 0 aromatic rings. The molecule has 0 saturated carbocycles. The van der Waals surface area contributed by atoms with Gasteiger partial charge < -0.3 is 20.4 Å². The minimum atomic E-state index is -1.50. The van der Waals surface area contributed by atoms with Crippen molar-refractivity contribution in [1.82, 2.24) is 0 Å². The fraction of sp³-hybridized carbons (Fsp3) is 0.571. The fourth-order valence-electron chi connectivity index (χ4n) is 1.06. The van der Waals surface area contributed by atoms with Gasteiger partial charge in [0.05, 0.1) is 11.6 Å². The lowest BCUT2D eigenvalue weighted by molar-refractivity contribution is -0.0910. The summed E-state index contributed by atoms with van der Waals surface area (Å²) in [4.78, 5) is 0. The smallest absolute Gasteiger partial charge is 0.117 e. The summed E-state index contributed by atoms with van der Waals surface area (Å²) in [7, 11) is 0. The number of aliphatic hydroxyl groups excluding tert-OH is 4. The maximum Gasteiger partial charge on any atom is 0.117 e.